The van der Waals surface area contributed by atoms with Crippen LogP contribution in [0, 0.1) is 5.92 Å². The van der Waals surface area contributed by atoms with E-state index >= 15 is 0 Å². The van der Waals surface area contributed by atoms with Crippen molar-refractivity contribution in [1.29, 1.82) is 0 Å². The van der Waals surface area contributed by atoms with Gasteiger partial charge >= 0.3 is 0 Å². The molecule has 1 amide bonds. The Hall–Kier alpha value is -2.29. The summed E-state index contributed by atoms with van der Waals surface area (Å²) >= 11 is 0. The summed E-state index contributed by atoms with van der Waals surface area (Å²) < 4.78 is 5.81. The summed E-state index contributed by atoms with van der Waals surface area (Å²) in [6.07, 6.45) is 2.83. The molecule has 3 rings (SSSR count). The quantitative estimate of drug-likeness (QED) is 0.874. The second-order valence-electron chi connectivity index (χ2n) is 6.49. The third-order valence-electron chi connectivity index (χ3n) is 4.62. The van der Waals surface area contributed by atoms with E-state index in [1.165, 1.54) is 5.56 Å². The predicted octanol–water partition coefficient (Wildman–Crippen LogP) is 3.94. The third-order valence-corrected chi connectivity index (χ3v) is 4.62. The summed E-state index contributed by atoms with van der Waals surface area (Å²) in [7, 11) is 0. The molecule has 2 atom stereocenters. The Balaban J connectivity index is 1.58. The van der Waals surface area contributed by atoms with Gasteiger partial charge in [-0.1, -0.05) is 61.9 Å². The number of hydrogen-bond acceptors (Lipinski definition) is 2. The summed E-state index contributed by atoms with van der Waals surface area (Å²) in [5.41, 5.74) is 2.33. The van der Waals surface area contributed by atoms with Crippen molar-refractivity contribution >= 4 is 5.91 Å². The number of carbonyl (C=O) groups excluding carboxylic acids is 1. The van der Waals surface area contributed by atoms with Gasteiger partial charge in [0.15, 0.2) is 0 Å². The molecule has 0 saturated heterocycles. The zero-order valence-electron chi connectivity index (χ0n) is 14.2. The lowest BCUT2D eigenvalue weighted by molar-refractivity contribution is -0.123. The van der Waals surface area contributed by atoms with Gasteiger partial charge in [0.2, 0.25) is 5.91 Å². The molecule has 0 radical (unpaired) electrons. The van der Waals surface area contributed by atoms with E-state index in [1.807, 2.05) is 48.5 Å². The SMILES string of the molecule is CCCC(C(=O)NCC1COc2ccccc2C1)c1ccccc1. The summed E-state index contributed by atoms with van der Waals surface area (Å²) in [5.74, 6) is 1.38. The van der Waals surface area contributed by atoms with Gasteiger partial charge in [-0.25, -0.2) is 0 Å². The molecule has 3 heteroatoms. The Morgan fingerprint density at radius 1 is 1.17 bits per heavy atom. The molecule has 0 bridgehead atoms. The Morgan fingerprint density at radius 2 is 1.92 bits per heavy atom. The number of amides is 1. The molecule has 0 fully saturated rings. The number of carbonyl (C=O) groups is 1. The van der Waals surface area contributed by atoms with Crippen LogP contribution >= 0.6 is 0 Å². The van der Waals surface area contributed by atoms with E-state index in [0.717, 1.165) is 30.6 Å². The normalized spacial score (nSPS) is 17.5. The maximum absolute atomic E-state index is 12.7. The fraction of sp³-hybridized carbons (Fsp3) is 0.381. The highest BCUT2D eigenvalue weighted by Gasteiger charge is 2.23. The summed E-state index contributed by atoms with van der Waals surface area (Å²) in [6, 6.07) is 18.2. The van der Waals surface area contributed by atoms with Crippen molar-refractivity contribution in [2.75, 3.05) is 13.2 Å². The number of nitrogens with one attached hydrogen (secondary N) is 1. The molecule has 2 aromatic rings. The van der Waals surface area contributed by atoms with Crippen LogP contribution in [0.25, 0.3) is 0 Å². The molecule has 0 aromatic heterocycles. The first kappa shape index (κ1) is 16.6. The Bertz CT molecular complexity index is 669. The zero-order valence-corrected chi connectivity index (χ0v) is 14.2. The highest BCUT2D eigenvalue weighted by atomic mass is 16.5. The number of fused-ring (bicyclic) bond motifs is 1. The van der Waals surface area contributed by atoms with Crippen LogP contribution in [0.3, 0.4) is 0 Å². The highest BCUT2D eigenvalue weighted by Crippen LogP contribution is 2.27. The first-order valence-electron chi connectivity index (χ1n) is 8.81. The smallest absolute Gasteiger partial charge is 0.227 e. The first-order chi connectivity index (χ1) is 11.8. The first-order valence-corrected chi connectivity index (χ1v) is 8.81. The van der Waals surface area contributed by atoms with Crippen LogP contribution in [0.5, 0.6) is 5.75 Å². The van der Waals surface area contributed by atoms with E-state index in [2.05, 4.69) is 18.3 Å². The van der Waals surface area contributed by atoms with E-state index in [-0.39, 0.29) is 11.8 Å². The molecule has 1 heterocycles. The van der Waals surface area contributed by atoms with Crippen molar-refractivity contribution in [2.45, 2.75) is 32.1 Å². The number of para-hydroxylation sites is 1. The topological polar surface area (TPSA) is 38.3 Å². The van der Waals surface area contributed by atoms with Gasteiger partial charge in [-0.05, 0) is 30.0 Å². The molecule has 2 aromatic carbocycles. The van der Waals surface area contributed by atoms with Gasteiger partial charge in [0.05, 0.1) is 12.5 Å². The monoisotopic (exact) mass is 323 g/mol. The van der Waals surface area contributed by atoms with Crippen molar-refractivity contribution in [3.05, 3.63) is 65.7 Å². The molecule has 126 valence electrons. The Kier molecular flexibility index (Phi) is 5.52. The Labute approximate surface area is 144 Å². The van der Waals surface area contributed by atoms with E-state index in [9.17, 15) is 4.79 Å². The molecule has 2 unspecified atom stereocenters. The molecule has 1 aliphatic rings. The molecule has 1 aliphatic heterocycles. The van der Waals surface area contributed by atoms with Crippen molar-refractivity contribution in [3.63, 3.8) is 0 Å². The van der Waals surface area contributed by atoms with Crippen LogP contribution in [0.4, 0.5) is 0 Å². The number of ether oxygens (including phenoxy) is 1. The van der Waals surface area contributed by atoms with Gasteiger partial charge in [0, 0.05) is 12.5 Å². The predicted molar refractivity (Wildman–Crippen MR) is 96.2 cm³/mol. The molecule has 3 nitrogen and oxygen atoms in total. The molecule has 0 aliphatic carbocycles. The molecule has 0 saturated carbocycles. The van der Waals surface area contributed by atoms with Crippen LogP contribution in [0.15, 0.2) is 54.6 Å². The lowest BCUT2D eigenvalue weighted by atomic mass is 9.92. The molecular formula is C21H25NO2. The van der Waals surface area contributed by atoms with E-state index in [4.69, 9.17) is 4.74 Å². The second-order valence-corrected chi connectivity index (χ2v) is 6.49. The van der Waals surface area contributed by atoms with Gasteiger partial charge in [-0.2, -0.15) is 0 Å². The third kappa shape index (κ3) is 3.97. The molecule has 24 heavy (non-hydrogen) atoms. The van der Waals surface area contributed by atoms with Crippen molar-refractivity contribution < 1.29 is 9.53 Å². The van der Waals surface area contributed by atoms with Gasteiger partial charge in [-0.3, -0.25) is 4.79 Å². The average Bonchev–Trinajstić information content (AvgIpc) is 2.64. The van der Waals surface area contributed by atoms with E-state index in [1.54, 1.807) is 0 Å². The molecular weight excluding hydrogens is 298 g/mol. The van der Waals surface area contributed by atoms with Crippen LogP contribution in [0.1, 0.15) is 36.8 Å². The molecule has 0 spiro atoms. The minimum Gasteiger partial charge on any atom is -0.493 e. The minimum atomic E-state index is -0.0620. The van der Waals surface area contributed by atoms with Gasteiger partial charge in [-0.15, -0.1) is 0 Å². The van der Waals surface area contributed by atoms with Crippen LogP contribution in [-0.4, -0.2) is 19.1 Å². The van der Waals surface area contributed by atoms with Crippen molar-refractivity contribution in [3.8, 4) is 5.75 Å². The van der Waals surface area contributed by atoms with Crippen molar-refractivity contribution in [1.82, 2.24) is 5.32 Å². The van der Waals surface area contributed by atoms with Gasteiger partial charge in [0.1, 0.15) is 5.75 Å². The standard InChI is InChI=1S/C21H25NO2/c1-2-8-19(17-9-4-3-5-10-17)21(23)22-14-16-13-18-11-6-7-12-20(18)24-15-16/h3-7,9-12,16,19H,2,8,13-15H2,1H3,(H,22,23). The van der Waals surface area contributed by atoms with Crippen molar-refractivity contribution in [2.24, 2.45) is 5.92 Å². The van der Waals surface area contributed by atoms with Crippen LogP contribution in [0.2, 0.25) is 0 Å². The van der Waals surface area contributed by atoms with Crippen LogP contribution < -0.4 is 10.1 Å². The maximum atomic E-state index is 12.7. The fourth-order valence-electron chi connectivity index (χ4n) is 3.31. The summed E-state index contributed by atoms with van der Waals surface area (Å²) in [6.45, 7) is 3.45. The minimum absolute atomic E-state index is 0.0620. The number of rotatable bonds is 6. The maximum Gasteiger partial charge on any atom is 0.227 e. The van der Waals surface area contributed by atoms with E-state index in [0.29, 0.717) is 19.1 Å². The largest absolute Gasteiger partial charge is 0.493 e. The summed E-state index contributed by atoms with van der Waals surface area (Å²) in [5, 5.41) is 3.15. The number of hydrogen-bond donors (Lipinski definition) is 1. The molecule has 1 N–H and O–H groups in total. The van der Waals surface area contributed by atoms with Gasteiger partial charge < -0.3 is 10.1 Å². The lowest BCUT2D eigenvalue weighted by Gasteiger charge is -2.26. The van der Waals surface area contributed by atoms with Gasteiger partial charge in [0.25, 0.3) is 0 Å². The zero-order chi connectivity index (χ0) is 16.8. The highest BCUT2D eigenvalue weighted by molar-refractivity contribution is 5.83. The fourth-order valence-corrected chi connectivity index (χ4v) is 3.31. The average molecular weight is 323 g/mol. The Morgan fingerprint density at radius 3 is 2.71 bits per heavy atom. The lowest BCUT2D eigenvalue weighted by Crippen LogP contribution is -2.37. The number of benzene rings is 2. The second kappa shape index (κ2) is 8.00. The summed E-state index contributed by atoms with van der Waals surface area (Å²) in [4.78, 5) is 12.7. The van der Waals surface area contributed by atoms with Crippen LogP contribution in [-0.2, 0) is 11.2 Å². The van der Waals surface area contributed by atoms with E-state index < -0.39 is 0 Å².